The third kappa shape index (κ3) is 3.48. The fourth-order valence-corrected chi connectivity index (χ4v) is 3.63. The van der Waals surface area contributed by atoms with E-state index in [1.165, 1.54) is 11.1 Å². The Morgan fingerprint density at radius 1 is 1.10 bits per heavy atom. The minimum Gasteiger partial charge on any atom is -0.312 e. The quantitative estimate of drug-likeness (QED) is 0.567. The van der Waals surface area contributed by atoms with Crippen molar-refractivity contribution in [2.24, 2.45) is 7.05 Å². The maximum atomic E-state index is 12.7. The number of carbonyl (C=O) groups excluding carboxylic acids is 1. The second kappa shape index (κ2) is 7.10. The largest absolute Gasteiger partial charge is 0.312 e. The first-order valence-corrected chi connectivity index (χ1v) is 9.55. The lowest BCUT2D eigenvalue weighted by Gasteiger charge is -2.17. The number of aryl methyl sites for hydroxylation is 1. The summed E-state index contributed by atoms with van der Waals surface area (Å²) in [6.07, 6.45) is 6.43. The van der Waals surface area contributed by atoms with Gasteiger partial charge in [0.15, 0.2) is 0 Å². The van der Waals surface area contributed by atoms with Crippen molar-refractivity contribution in [2.75, 3.05) is 11.9 Å². The van der Waals surface area contributed by atoms with Crippen LogP contribution in [-0.4, -0.2) is 32.2 Å². The average molecular weight is 384 g/mol. The number of carbonyl (C=O) groups is 1. The van der Waals surface area contributed by atoms with Gasteiger partial charge in [-0.2, -0.15) is 5.10 Å². The van der Waals surface area contributed by atoms with Gasteiger partial charge in [-0.3, -0.25) is 14.8 Å². The Morgan fingerprint density at radius 3 is 2.90 bits per heavy atom. The Balaban J connectivity index is 1.42. The average Bonchev–Trinajstić information content (AvgIpc) is 3.19. The molecule has 0 radical (unpaired) electrons. The van der Waals surface area contributed by atoms with Crippen LogP contribution in [0.25, 0.3) is 22.0 Å². The summed E-state index contributed by atoms with van der Waals surface area (Å²) in [5.74, 6) is 0.0966. The molecule has 0 atom stereocenters. The lowest BCUT2D eigenvalue weighted by atomic mass is 9.98. The first-order chi connectivity index (χ1) is 14.2. The highest BCUT2D eigenvalue weighted by molar-refractivity contribution is 6.03. The molecule has 0 spiro atoms. The third-order valence-corrected chi connectivity index (χ3v) is 5.20. The number of amides is 1. The van der Waals surface area contributed by atoms with E-state index in [9.17, 15) is 4.79 Å². The molecule has 3 heterocycles. The number of hydrogen-bond donors (Lipinski definition) is 2. The maximum Gasteiger partial charge on any atom is 0.258 e. The van der Waals surface area contributed by atoms with Gasteiger partial charge in [-0.1, -0.05) is 18.2 Å². The van der Waals surface area contributed by atoms with Gasteiger partial charge < -0.3 is 5.32 Å². The van der Waals surface area contributed by atoms with Crippen molar-refractivity contribution in [3.05, 3.63) is 71.7 Å². The molecule has 0 saturated carbocycles. The molecule has 4 aromatic rings. The van der Waals surface area contributed by atoms with Gasteiger partial charge in [-0.25, -0.2) is 9.97 Å². The smallest absolute Gasteiger partial charge is 0.258 e. The van der Waals surface area contributed by atoms with E-state index in [1.54, 1.807) is 10.9 Å². The number of hydrogen-bond acceptors (Lipinski definition) is 5. The van der Waals surface area contributed by atoms with Crippen molar-refractivity contribution in [1.82, 2.24) is 25.1 Å². The first kappa shape index (κ1) is 17.5. The molecule has 5 rings (SSSR count). The molecular formula is C22H20N6O. The Hall–Kier alpha value is -3.58. The fourth-order valence-electron chi connectivity index (χ4n) is 3.63. The summed E-state index contributed by atoms with van der Waals surface area (Å²) in [6, 6.07) is 11.8. The lowest BCUT2D eigenvalue weighted by molar-refractivity contribution is 0.102. The van der Waals surface area contributed by atoms with E-state index in [2.05, 4.69) is 25.7 Å². The zero-order valence-corrected chi connectivity index (χ0v) is 16.0. The zero-order chi connectivity index (χ0) is 19.8. The number of aromatic nitrogens is 4. The maximum absolute atomic E-state index is 12.7. The van der Waals surface area contributed by atoms with Crippen LogP contribution < -0.4 is 10.6 Å². The van der Waals surface area contributed by atoms with E-state index in [-0.39, 0.29) is 5.91 Å². The topological polar surface area (TPSA) is 84.7 Å². The van der Waals surface area contributed by atoms with Crippen LogP contribution >= 0.6 is 0 Å². The van der Waals surface area contributed by atoms with Gasteiger partial charge >= 0.3 is 0 Å². The zero-order valence-electron chi connectivity index (χ0n) is 16.0. The van der Waals surface area contributed by atoms with Crippen molar-refractivity contribution in [3.63, 3.8) is 0 Å². The molecule has 2 N–H and O–H groups in total. The molecule has 29 heavy (non-hydrogen) atoms. The number of anilines is 1. The molecule has 1 amide bonds. The molecule has 0 aliphatic carbocycles. The summed E-state index contributed by atoms with van der Waals surface area (Å²) >= 11 is 0. The highest BCUT2D eigenvalue weighted by Crippen LogP contribution is 2.23. The van der Waals surface area contributed by atoms with E-state index in [0.717, 1.165) is 41.5 Å². The van der Waals surface area contributed by atoms with Gasteiger partial charge in [0, 0.05) is 42.5 Å². The van der Waals surface area contributed by atoms with Gasteiger partial charge in [0.2, 0.25) is 5.95 Å². The van der Waals surface area contributed by atoms with Crippen molar-refractivity contribution in [2.45, 2.75) is 13.0 Å². The van der Waals surface area contributed by atoms with Crippen molar-refractivity contribution in [3.8, 4) is 11.1 Å². The summed E-state index contributed by atoms with van der Waals surface area (Å²) in [4.78, 5) is 21.5. The van der Waals surface area contributed by atoms with Crippen molar-refractivity contribution < 1.29 is 4.79 Å². The predicted octanol–water partition coefficient (Wildman–Crippen LogP) is 2.93. The summed E-state index contributed by atoms with van der Waals surface area (Å²) in [6.45, 7) is 1.79. The number of nitrogens with one attached hydrogen (secondary N) is 2. The molecule has 1 aliphatic heterocycles. The fraction of sp³-hybridized carbons (Fsp3) is 0.182. The summed E-state index contributed by atoms with van der Waals surface area (Å²) in [7, 11) is 1.89. The van der Waals surface area contributed by atoms with Gasteiger partial charge in [0.1, 0.15) is 0 Å². The van der Waals surface area contributed by atoms with Crippen LogP contribution in [0.2, 0.25) is 0 Å². The molecule has 2 aromatic heterocycles. The van der Waals surface area contributed by atoms with Gasteiger partial charge in [-0.15, -0.1) is 0 Å². The van der Waals surface area contributed by atoms with E-state index in [1.807, 2.05) is 55.8 Å². The van der Waals surface area contributed by atoms with Crippen LogP contribution in [0.5, 0.6) is 0 Å². The Bertz CT molecular complexity index is 1230. The molecule has 0 bridgehead atoms. The molecule has 1 aliphatic rings. The number of fused-ring (bicyclic) bond motifs is 2. The number of benzene rings is 2. The molecule has 144 valence electrons. The summed E-state index contributed by atoms with van der Waals surface area (Å²) in [5, 5.41) is 11.3. The minimum atomic E-state index is -0.200. The molecule has 0 fully saturated rings. The third-order valence-electron chi connectivity index (χ3n) is 5.20. The Labute approximate surface area is 167 Å². The molecule has 7 heteroatoms. The van der Waals surface area contributed by atoms with Crippen LogP contribution in [0.1, 0.15) is 21.5 Å². The van der Waals surface area contributed by atoms with E-state index < -0.39 is 0 Å². The molecular weight excluding hydrogens is 364 g/mol. The molecule has 0 unspecified atom stereocenters. The Morgan fingerprint density at radius 2 is 2.03 bits per heavy atom. The lowest BCUT2D eigenvalue weighted by Crippen LogP contribution is -2.24. The van der Waals surface area contributed by atoms with Gasteiger partial charge in [0.05, 0.1) is 11.7 Å². The van der Waals surface area contributed by atoms with Crippen molar-refractivity contribution in [1.29, 1.82) is 0 Å². The van der Waals surface area contributed by atoms with Crippen LogP contribution in [0.3, 0.4) is 0 Å². The van der Waals surface area contributed by atoms with Crippen LogP contribution in [0.4, 0.5) is 5.95 Å². The second-order valence-electron chi connectivity index (χ2n) is 7.23. The number of nitrogens with zero attached hydrogens (tertiary/aromatic N) is 4. The van der Waals surface area contributed by atoms with Crippen LogP contribution in [-0.2, 0) is 20.0 Å². The van der Waals surface area contributed by atoms with E-state index in [4.69, 9.17) is 0 Å². The standard InChI is InChI=1S/C22H20N6O/c1-28-13-19(12-25-28)14-2-5-18-11-24-22(26-20(18)9-14)27-21(29)16-3-4-17-10-23-7-6-15(17)8-16/h2-5,8-9,11-13,23H,6-7,10H2,1H3,(H,24,26,27,29). The first-order valence-electron chi connectivity index (χ1n) is 9.55. The van der Waals surface area contributed by atoms with Crippen LogP contribution in [0.15, 0.2) is 55.0 Å². The van der Waals surface area contributed by atoms with Crippen LogP contribution in [0, 0.1) is 0 Å². The highest BCUT2D eigenvalue weighted by Gasteiger charge is 2.14. The predicted molar refractivity (Wildman–Crippen MR) is 112 cm³/mol. The van der Waals surface area contributed by atoms with E-state index in [0.29, 0.717) is 11.5 Å². The summed E-state index contributed by atoms with van der Waals surface area (Å²) in [5.41, 5.74) is 5.90. The number of rotatable bonds is 3. The molecule has 0 saturated heterocycles. The second-order valence-corrected chi connectivity index (χ2v) is 7.23. The highest BCUT2D eigenvalue weighted by atomic mass is 16.1. The van der Waals surface area contributed by atoms with Crippen molar-refractivity contribution >= 4 is 22.8 Å². The SMILES string of the molecule is Cn1cc(-c2ccc3cnc(NC(=O)c4ccc5c(c4)CCNC5)nc3c2)cn1. The monoisotopic (exact) mass is 384 g/mol. The minimum absolute atomic E-state index is 0.200. The van der Waals surface area contributed by atoms with Gasteiger partial charge in [0.25, 0.3) is 5.91 Å². The summed E-state index contributed by atoms with van der Waals surface area (Å²) < 4.78 is 1.76. The molecule has 7 nitrogen and oxygen atoms in total. The Kier molecular flexibility index (Phi) is 4.29. The normalized spacial score (nSPS) is 13.3. The molecule has 2 aromatic carbocycles. The van der Waals surface area contributed by atoms with Gasteiger partial charge in [-0.05, 0) is 47.9 Å². The van der Waals surface area contributed by atoms with E-state index >= 15 is 0 Å².